The zero-order valence-corrected chi connectivity index (χ0v) is 12.0. The number of para-hydroxylation sites is 1. The Labute approximate surface area is 120 Å². The van der Waals surface area contributed by atoms with Crippen LogP contribution in [0.4, 0.5) is 5.69 Å². The van der Waals surface area contributed by atoms with Crippen LogP contribution in [0.3, 0.4) is 0 Å². The number of fused-ring (bicyclic) bond motifs is 1. The van der Waals surface area contributed by atoms with Gasteiger partial charge in [0, 0.05) is 17.5 Å². The van der Waals surface area contributed by atoms with Crippen LogP contribution >= 0.6 is 0 Å². The highest BCUT2D eigenvalue weighted by molar-refractivity contribution is 5.83. The summed E-state index contributed by atoms with van der Waals surface area (Å²) in [5.74, 6) is 0.814. The number of hydrogen-bond donors (Lipinski definition) is 0. The Hall–Kier alpha value is -2.09. The molecule has 0 aliphatic carbocycles. The minimum absolute atomic E-state index is 0.412. The summed E-state index contributed by atoms with van der Waals surface area (Å²) in [4.78, 5) is 4.63. The van der Waals surface area contributed by atoms with E-state index in [1.165, 1.54) is 5.56 Å². The molecular weight excluding hydrogens is 246 g/mol. The largest absolute Gasteiger partial charge is 0.465 e. The number of hydrogen-bond acceptors (Lipinski definition) is 2. The minimum atomic E-state index is -0.412. The third kappa shape index (κ3) is 1.92. The Morgan fingerprint density at radius 3 is 2.35 bits per heavy atom. The molecule has 1 aliphatic heterocycles. The molecule has 0 aromatic heterocycles. The summed E-state index contributed by atoms with van der Waals surface area (Å²) in [6.07, 6.45) is 1.69. The third-order valence-electron chi connectivity index (χ3n) is 3.92. The Morgan fingerprint density at radius 2 is 1.65 bits per heavy atom. The Kier molecular flexibility index (Phi) is 3.31. The maximum atomic E-state index is 6.33. The van der Waals surface area contributed by atoms with Crippen LogP contribution < -0.4 is 0 Å². The molecule has 0 amide bonds. The molecule has 0 bridgehead atoms. The molecule has 0 saturated carbocycles. The van der Waals surface area contributed by atoms with Crippen LogP contribution in [0.15, 0.2) is 59.6 Å². The van der Waals surface area contributed by atoms with Crippen molar-refractivity contribution < 1.29 is 4.74 Å². The van der Waals surface area contributed by atoms with Crippen molar-refractivity contribution >= 4 is 11.6 Å². The first-order valence-electron chi connectivity index (χ1n) is 7.21. The van der Waals surface area contributed by atoms with Gasteiger partial charge in [0.05, 0.1) is 5.69 Å². The lowest BCUT2D eigenvalue weighted by molar-refractivity contribution is 0.0844. The van der Waals surface area contributed by atoms with Crippen LogP contribution in [0.1, 0.15) is 37.8 Å². The van der Waals surface area contributed by atoms with E-state index in [-0.39, 0.29) is 0 Å². The van der Waals surface area contributed by atoms with Crippen LogP contribution in [0, 0.1) is 0 Å². The molecule has 0 fully saturated rings. The van der Waals surface area contributed by atoms with Crippen molar-refractivity contribution in [2.75, 3.05) is 0 Å². The molecule has 102 valence electrons. The lowest BCUT2D eigenvalue weighted by Crippen LogP contribution is -2.35. The molecule has 1 aliphatic rings. The van der Waals surface area contributed by atoms with Crippen molar-refractivity contribution in [3.8, 4) is 0 Å². The third-order valence-corrected chi connectivity index (χ3v) is 3.92. The predicted molar refractivity (Wildman–Crippen MR) is 82.4 cm³/mol. The molecule has 0 spiro atoms. The van der Waals surface area contributed by atoms with E-state index in [0.717, 1.165) is 30.0 Å². The normalized spacial score (nSPS) is 20.8. The highest BCUT2D eigenvalue weighted by Gasteiger charge is 2.39. The molecule has 0 saturated heterocycles. The minimum Gasteiger partial charge on any atom is -0.465 e. The SMILES string of the molecule is CCC1=Nc2ccccc2C(CC)(c2ccccc2)O1. The first kappa shape index (κ1) is 12.9. The fourth-order valence-electron chi connectivity index (χ4n) is 2.87. The molecule has 1 unspecified atom stereocenters. The summed E-state index contributed by atoms with van der Waals surface area (Å²) < 4.78 is 6.33. The van der Waals surface area contributed by atoms with Gasteiger partial charge in [0.25, 0.3) is 0 Å². The van der Waals surface area contributed by atoms with Crippen LogP contribution in [0.25, 0.3) is 0 Å². The van der Waals surface area contributed by atoms with Gasteiger partial charge in [0.15, 0.2) is 11.5 Å². The second-order valence-electron chi connectivity index (χ2n) is 5.02. The maximum Gasteiger partial charge on any atom is 0.189 e. The van der Waals surface area contributed by atoms with Crippen LogP contribution in [-0.2, 0) is 10.3 Å². The average molecular weight is 265 g/mol. The van der Waals surface area contributed by atoms with E-state index in [4.69, 9.17) is 4.74 Å². The van der Waals surface area contributed by atoms with Crippen molar-refractivity contribution in [3.63, 3.8) is 0 Å². The van der Waals surface area contributed by atoms with Gasteiger partial charge in [-0.1, -0.05) is 62.4 Å². The summed E-state index contributed by atoms with van der Waals surface area (Å²) in [5.41, 5.74) is 2.97. The van der Waals surface area contributed by atoms with Gasteiger partial charge in [0.2, 0.25) is 0 Å². The van der Waals surface area contributed by atoms with Crippen molar-refractivity contribution in [1.29, 1.82) is 0 Å². The summed E-state index contributed by atoms with van der Waals surface area (Å²) in [6.45, 7) is 4.25. The molecule has 2 aromatic rings. The number of aliphatic imine (C=N–C) groups is 1. The number of ether oxygens (including phenoxy) is 1. The van der Waals surface area contributed by atoms with Gasteiger partial charge in [-0.15, -0.1) is 0 Å². The molecule has 20 heavy (non-hydrogen) atoms. The highest BCUT2D eigenvalue weighted by atomic mass is 16.5. The van der Waals surface area contributed by atoms with Crippen molar-refractivity contribution in [2.45, 2.75) is 32.3 Å². The van der Waals surface area contributed by atoms with E-state index >= 15 is 0 Å². The lowest BCUT2D eigenvalue weighted by Gasteiger charge is -2.38. The first-order chi connectivity index (χ1) is 9.80. The Balaban J connectivity index is 2.23. The molecule has 0 N–H and O–H groups in total. The molecule has 1 heterocycles. The fraction of sp³-hybridized carbons (Fsp3) is 0.278. The van der Waals surface area contributed by atoms with Gasteiger partial charge in [-0.2, -0.15) is 0 Å². The van der Waals surface area contributed by atoms with E-state index in [0.29, 0.717) is 0 Å². The standard InChI is InChI=1S/C18H19NO/c1-3-17-19-16-13-9-8-12-15(16)18(4-2,20-17)14-10-6-5-7-11-14/h5-13H,3-4H2,1-2H3. The molecule has 2 aromatic carbocycles. The predicted octanol–water partition coefficient (Wildman–Crippen LogP) is 4.81. The summed E-state index contributed by atoms with van der Waals surface area (Å²) >= 11 is 0. The van der Waals surface area contributed by atoms with E-state index in [2.05, 4.69) is 61.3 Å². The molecular formula is C18H19NO. The average Bonchev–Trinajstić information content (AvgIpc) is 2.54. The van der Waals surface area contributed by atoms with Crippen LogP contribution in [0.2, 0.25) is 0 Å². The second kappa shape index (κ2) is 5.12. The lowest BCUT2D eigenvalue weighted by atomic mass is 9.82. The number of rotatable bonds is 3. The quantitative estimate of drug-likeness (QED) is 0.780. The van der Waals surface area contributed by atoms with E-state index in [1.807, 2.05) is 12.1 Å². The number of benzene rings is 2. The van der Waals surface area contributed by atoms with Crippen molar-refractivity contribution in [3.05, 3.63) is 65.7 Å². The van der Waals surface area contributed by atoms with Gasteiger partial charge >= 0.3 is 0 Å². The summed E-state index contributed by atoms with van der Waals surface area (Å²) in [6, 6.07) is 18.7. The van der Waals surface area contributed by atoms with Gasteiger partial charge < -0.3 is 4.74 Å². The summed E-state index contributed by atoms with van der Waals surface area (Å²) in [7, 11) is 0. The first-order valence-corrected chi connectivity index (χ1v) is 7.21. The topological polar surface area (TPSA) is 21.6 Å². The molecule has 2 heteroatoms. The van der Waals surface area contributed by atoms with Gasteiger partial charge in [-0.05, 0) is 12.5 Å². The van der Waals surface area contributed by atoms with Crippen molar-refractivity contribution in [2.24, 2.45) is 4.99 Å². The van der Waals surface area contributed by atoms with Crippen molar-refractivity contribution in [1.82, 2.24) is 0 Å². The molecule has 1 atom stereocenters. The smallest absolute Gasteiger partial charge is 0.189 e. The number of nitrogens with zero attached hydrogens (tertiary/aromatic N) is 1. The van der Waals surface area contributed by atoms with E-state index in [9.17, 15) is 0 Å². The summed E-state index contributed by atoms with van der Waals surface area (Å²) in [5, 5.41) is 0. The highest BCUT2D eigenvalue weighted by Crippen LogP contribution is 2.44. The maximum absolute atomic E-state index is 6.33. The molecule has 2 nitrogen and oxygen atoms in total. The zero-order valence-electron chi connectivity index (χ0n) is 12.0. The van der Waals surface area contributed by atoms with Gasteiger partial charge in [-0.25, -0.2) is 4.99 Å². The fourth-order valence-corrected chi connectivity index (χ4v) is 2.87. The molecule has 3 rings (SSSR count). The Morgan fingerprint density at radius 1 is 0.950 bits per heavy atom. The van der Waals surface area contributed by atoms with E-state index < -0.39 is 5.60 Å². The van der Waals surface area contributed by atoms with Gasteiger partial charge in [0.1, 0.15) is 0 Å². The molecule has 0 radical (unpaired) electrons. The van der Waals surface area contributed by atoms with E-state index in [1.54, 1.807) is 0 Å². The zero-order chi connectivity index (χ0) is 14.0. The Bertz CT molecular complexity index is 633. The van der Waals surface area contributed by atoms with Crippen LogP contribution in [0.5, 0.6) is 0 Å². The van der Waals surface area contributed by atoms with Gasteiger partial charge in [-0.3, -0.25) is 0 Å². The monoisotopic (exact) mass is 265 g/mol. The second-order valence-corrected chi connectivity index (χ2v) is 5.02. The van der Waals surface area contributed by atoms with Crippen LogP contribution in [-0.4, -0.2) is 5.90 Å².